The van der Waals surface area contributed by atoms with Crippen LogP contribution in [0.25, 0.3) is 11.3 Å². The highest BCUT2D eigenvalue weighted by Crippen LogP contribution is 2.38. The highest BCUT2D eigenvalue weighted by molar-refractivity contribution is 7.07. The van der Waals surface area contributed by atoms with E-state index in [9.17, 15) is 0 Å². The first-order chi connectivity index (χ1) is 11.2. The average Bonchev–Trinajstić information content (AvgIpc) is 3.28. The molecule has 2 aromatic carbocycles. The van der Waals surface area contributed by atoms with Gasteiger partial charge in [-0.15, -0.1) is 11.3 Å². The van der Waals surface area contributed by atoms with Crippen LogP contribution in [0.3, 0.4) is 0 Å². The van der Waals surface area contributed by atoms with Gasteiger partial charge in [-0.2, -0.15) is 0 Å². The summed E-state index contributed by atoms with van der Waals surface area (Å²) in [7, 11) is 0. The molecule has 0 atom stereocenters. The number of thiazole rings is 1. The Morgan fingerprint density at radius 2 is 1.70 bits per heavy atom. The third-order valence-corrected chi connectivity index (χ3v) is 4.99. The first-order valence-corrected chi connectivity index (χ1v) is 8.97. The van der Waals surface area contributed by atoms with Gasteiger partial charge in [-0.1, -0.05) is 36.4 Å². The van der Waals surface area contributed by atoms with Crippen LogP contribution >= 0.6 is 11.3 Å². The predicted molar refractivity (Wildman–Crippen MR) is 97.2 cm³/mol. The first kappa shape index (κ1) is 14.5. The molecule has 0 saturated heterocycles. The Morgan fingerprint density at radius 3 is 2.35 bits per heavy atom. The van der Waals surface area contributed by atoms with Crippen LogP contribution in [0.1, 0.15) is 30.0 Å². The molecule has 1 aliphatic rings. The van der Waals surface area contributed by atoms with Crippen molar-refractivity contribution in [2.24, 2.45) is 4.99 Å². The summed E-state index contributed by atoms with van der Waals surface area (Å²) >= 11 is 1.74. The van der Waals surface area contributed by atoms with Crippen LogP contribution in [0, 0.1) is 13.8 Å². The molecule has 0 bridgehead atoms. The van der Waals surface area contributed by atoms with E-state index in [1.54, 1.807) is 11.3 Å². The molecule has 0 N–H and O–H groups in total. The number of hydrogen-bond acceptors (Lipinski definition) is 2. The highest BCUT2D eigenvalue weighted by Gasteiger charge is 2.27. The van der Waals surface area contributed by atoms with Gasteiger partial charge >= 0.3 is 0 Å². The molecule has 4 rings (SSSR count). The third-order valence-electron chi connectivity index (χ3n) is 4.15. The van der Waals surface area contributed by atoms with E-state index in [1.165, 1.54) is 35.2 Å². The molecule has 0 spiro atoms. The Labute approximate surface area is 140 Å². The summed E-state index contributed by atoms with van der Waals surface area (Å²) in [6, 6.07) is 17.8. The summed E-state index contributed by atoms with van der Waals surface area (Å²) in [5.74, 6) is 0. The maximum atomic E-state index is 4.95. The van der Waals surface area contributed by atoms with Crippen molar-refractivity contribution in [2.75, 3.05) is 0 Å². The van der Waals surface area contributed by atoms with E-state index in [0.717, 1.165) is 10.5 Å². The number of nitrogens with zero attached hydrogens (tertiary/aromatic N) is 2. The fourth-order valence-corrected chi connectivity index (χ4v) is 4.02. The number of aromatic nitrogens is 1. The molecule has 1 aromatic heterocycles. The Balaban J connectivity index is 1.86. The van der Waals surface area contributed by atoms with Crippen molar-refractivity contribution in [3.63, 3.8) is 0 Å². The Hall–Kier alpha value is -2.13. The van der Waals surface area contributed by atoms with Gasteiger partial charge in [0.1, 0.15) is 0 Å². The molecule has 1 aliphatic carbocycles. The summed E-state index contributed by atoms with van der Waals surface area (Å²) in [6.45, 7) is 4.26. The molecule has 0 radical (unpaired) electrons. The molecule has 3 heteroatoms. The minimum atomic E-state index is 0.612. The molecule has 1 fully saturated rings. The van der Waals surface area contributed by atoms with Gasteiger partial charge in [0.2, 0.25) is 0 Å². The minimum Gasteiger partial charge on any atom is -0.313 e. The third kappa shape index (κ3) is 3.02. The van der Waals surface area contributed by atoms with Gasteiger partial charge in [0, 0.05) is 11.4 Å². The molecule has 3 aromatic rings. The van der Waals surface area contributed by atoms with Gasteiger partial charge in [-0.05, 0) is 55.5 Å². The van der Waals surface area contributed by atoms with Crippen molar-refractivity contribution >= 4 is 17.0 Å². The van der Waals surface area contributed by atoms with Crippen molar-refractivity contribution in [1.29, 1.82) is 0 Å². The molecule has 116 valence electrons. The quantitative estimate of drug-likeness (QED) is 0.615. The van der Waals surface area contributed by atoms with Crippen LogP contribution < -0.4 is 4.80 Å². The maximum absolute atomic E-state index is 4.95. The van der Waals surface area contributed by atoms with Crippen molar-refractivity contribution in [2.45, 2.75) is 32.7 Å². The lowest BCUT2D eigenvalue weighted by molar-refractivity contribution is 0.725. The van der Waals surface area contributed by atoms with E-state index in [1.807, 2.05) is 0 Å². The summed E-state index contributed by atoms with van der Waals surface area (Å²) in [5.41, 5.74) is 6.15. The number of aryl methyl sites for hydroxylation is 2. The SMILES string of the molecule is Cc1cc(C)cc(N=c2scc(-c3ccccc3)n2C2CC2)c1. The topological polar surface area (TPSA) is 17.3 Å². The average molecular weight is 320 g/mol. The van der Waals surface area contributed by atoms with E-state index in [2.05, 4.69) is 72.3 Å². The van der Waals surface area contributed by atoms with Crippen LogP contribution in [0.15, 0.2) is 58.9 Å². The second-order valence-electron chi connectivity index (χ2n) is 6.33. The van der Waals surface area contributed by atoms with Gasteiger partial charge in [0.15, 0.2) is 4.80 Å². The van der Waals surface area contributed by atoms with Crippen molar-refractivity contribution in [1.82, 2.24) is 4.57 Å². The normalized spacial score (nSPS) is 15.1. The number of rotatable bonds is 3. The van der Waals surface area contributed by atoms with E-state index < -0.39 is 0 Å². The van der Waals surface area contributed by atoms with Crippen molar-refractivity contribution in [3.05, 3.63) is 69.8 Å². The zero-order valence-electron chi connectivity index (χ0n) is 13.5. The first-order valence-electron chi connectivity index (χ1n) is 8.09. The molecule has 0 unspecified atom stereocenters. The van der Waals surface area contributed by atoms with Crippen molar-refractivity contribution < 1.29 is 0 Å². The van der Waals surface area contributed by atoms with E-state index in [0.29, 0.717) is 6.04 Å². The maximum Gasteiger partial charge on any atom is 0.190 e. The van der Waals surface area contributed by atoms with Crippen LogP contribution in [-0.4, -0.2) is 4.57 Å². The van der Waals surface area contributed by atoms with Gasteiger partial charge in [-0.25, -0.2) is 4.99 Å². The van der Waals surface area contributed by atoms with Crippen LogP contribution in [0.2, 0.25) is 0 Å². The largest absolute Gasteiger partial charge is 0.313 e. The lowest BCUT2D eigenvalue weighted by Crippen LogP contribution is -2.14. The Morgan fingerprint density at radius 1 is 1.00 bits per heavy atom. The van der Waals surface area contributed by atoms with Crippen LogP contribution in [0.5, 0.6) is 0 Å². The van der Waals surface area contributed by atoms with E-state index in [-0.39, 0.29) is 0 Å². The molecule has 23 heavy (non-hydrogen) atoms. The fraction of sp³-hybridized carbons (Fsp3) is 0.250. The van der Waals surface area contributed by atoms with Gasteiger partial charge in [-0.3, -0.25) is 0 Å². The highest BCUT2D eigenvalue weighted by atomic mass is 32.1. The minimum absolute atomic E-state index is 0.612. The number of hydrogen-bond donors (Lipinski definition) is 0. The molecule has 1 saturated carbocycles. The second-order valence-corrected chi connectivity index (χ2v) is 7.16. The molecule has 2 nitrogen and oxygen atoms in total. The fourth-order valence-electron chi connectivity index (χ4n) is 3.03. The second kappa shape index (κ2) is 5.82. The summed E-state index contributed by atoms with van der Waals surface area (Å²) in [4.78, 5) is 6.06. The molecule has 1 heterocycles. The van der Waals surface area contributed by atoms with Crippen LogP contribution in [0.4, 0.5) is 5.69 Å². The van der Waals surface area contributed by atoms with Gasteiger partial charge in [0.05, 0.1) is 11.4 Å². The smallest absolute Gasteiger partial charge is 0.190 e. The van der Waals surface area contributed by atoms with E-state index >= 15 is 0 Å². The Bertz CT molecular complexity index is 879. The monoisotopic (exact) mass is 320 g/mol. The summed E-state index contributed by atoms with van der Waals surface area (Å²) in [5, 5.41) is 2.25. The molecular formula is C20H20N2S. The number of benzene rings is 2. The van der Waals surface area contributed by atoms with Crippen LogP contribution in [-0.2, 0) is 0 Å². The zero-order chi connectivity index (χ0) is 15.8. The zero-order valence-corrected chi connectivity index (χ0v) is 14.3. The predicted octanol–water partition coefficient (Wildman–Crippen LogP) is 5.40. The lowest BCUT2D eigenvalue weighted by Gasteiger charge is -2.07. The van der Waals surface area contributed by atoms with Crippen molar-refractivity contribution in [3.8, 4) is 11.3 Å². The van der Waals surface area contributed by atoms with E-state index in [4.69, 9.17) is 4.99 Å². The summed E-state index contributed by atoms with van der Waals surface area (Å²) in [6.07, 6.45) is 2.52. The molecular weight excluding hydrogens is 300 g/mol. The Kier molecular flexibility index (Phi) is 3.66. The molecule has 0 amide bonds. The van der Waals surface area contributed by atoms with Gasteiger partial charge in [0.25, 0.3) is 0 Å². The van der Waals surface area contributed by atoms with Gasteiger partial charge < -0.3 is 4.57 Å². The lowest BCUT2D eigenvalue weighted by atomic mass is 10.1. The molecule has 0 aliphatic heterocycles. The summed E-state index contributed by atoms with van der Waals surface area (Å²) < 4.78 is 2.43. The standard InChI is InChI=1S/C20H20N2S/c1-14-10-15(2)12-17(11-14)21-20-22(18-8-9-18)19(13-23-20)16-6-4-3-5-7-16/h3-7,10-13,18H,8-9H2,1-2H3.